The third-order valence-corrected chi connectivity index (χ3v) is 4.28. The van der Waals surface area contributed by atoms with Crippen molar-refractivity contribution in [2.24, 2.45) is 0 Å². The molecule has 0 radical (unpaired) electrons. The van der Waals surface area contributed by atoms with E-state index >= 15 is 0 Å². The van der Waals surface area contributed by atoms with Crippen molar-refractivity contribution in [3.8, 4) is 0 Å². The number of aryl methyl sites for hydroxylation is 1. The summed E-state index contributed by atoms with van der Waals surface area (Å²) in [6, 6.07) is 15.5. The SMILES string of the molecule is O=S(=O)(Nc1ccccc1)c1ccc(CCCO)cc1. The molecule has 2 aromatic rings. The molecule has 20 heavy (non-hydrogen) atoms. The summed E-state index contributed by atoms with van der Waals surface area (Å²) in [6.07, 6.45) is 1.41. The van der Waals surface area contributed by atoms with E-state index in [1.54, 1.807) is 48.5 Å². The molecule has 2 aromatic carbocycles. The van der Waals surface area contributed by atoms with E-state index in [2.05, 4.69) is 4.72 Å². The zero-order valence-corrected chi connectivity index (χ0v) is 11.8. The summed E-state index contributed by atoms with van der Waals surface area (Å²) < 4.78 is 26.9. The standard InChI is InChI=1S/C15H17NO3S/c17-12-4-5-13-8-10-15(11-9-13)20(18,19)16-14-6-2-1-3-7-14/h1-3,6-11,16-17H,4-5,12H2. The molecule has 0 aliphatic carbocycles. The van der Waals surface area contributed by atoms with Gasteiger partial charge >= 0.3 is 0 Å². The van der Waals surface area contributed by atoms with E-state index in [-0.39, 0.29) is 11.5 Å². The first kappa shape index (κ1) is 14.6. The van der Waals surface area contributed by atoms with Crippen LogP contribution >= 0.6 is 0 Å². The Hall–Kier alpha value is -1.85. The number of hydrogen-bond donors (Lipinski definition) is 2. The fourth-order valence-corrected chi connectivity index (χ4v) is 2.90. The van der Waals surface area contributed by atoms with Gasteiger partial charge < -0.3 is 5.11 Å². The van der Waals surface area contributed by atoms with Gasteiger partial charge in [0.25, 0.3) is 10.0 Å². The highest BCUT2D eigenvalue weighted by Crippen LogP contribution is 2.16. The number of anilines is 1. The first-order valence-electron chi connectivity index (χ1n) is 6.39. The molecule has 2 N–H and O–H groups in total. The van der Waals surface area contributed by atoms with Crippen LogP contribution in [0.5, 0.6) is 0 Å². The molecule has 0 amide bonds. The first-order valence-corrected chi connectivity index (χ1v) is 7.88. The third-order valence-electron chi connectivity index (χ3n) is 2.88. The maximum absolute atomic E-state index is 12.2. The van der Waals surface area contributed by atoms with Crippen LogP contribution in [0.25, 0.3) is 0 Å². The number of hydrogen-bond acceptors (Lipinski definition) is 3. The molecule has 0 fully saturated rings. The van der Waals surface area contributed by atoms with Gasteiger partial charge in [0, 0.05) is 12.3 Å². The minimum Gasteiger partial charge on any atom is -0.396 e. The van der Waals surface area contributed by atoms with Gasteiger partial charge in [-0.05, 0) is 42.7 Å². The van der Waals surface area contributed by atoms with Crippen LogP contribution in [0.2, 0.25) is 0 Å². The Balaban J connectivity index is 2.13. The van der Waals surface area contributed by atoms with E-state index in [0.29, 0.717) is 12.1 Å². The summed E-state index contributed by atoms with van der Waals surface area (Å²) in [6.45, 7) is 0.135. The lowest BCUT2D eigenvalue weighted by molar-refractivity contribution is 0.288. The Morgan fingerprint density at radius 1 is 0.950 bits per heavy atom. The second-order valence-corrected chi connectivity index (χ2v) is 6.13. The van der Waals surface area contributed by atoms with Gasteiger partial charge in [-0.25, -0.2) is 8.42 Å². The minimum absolute atomic E-state index is 0.135. The van der Waals surface area contributed by atoms with E-state index < -0.39 is 10.0 Å². The second-order valence-electron chi connectivity index (χ2n) is 4.44. The first-order chi connectivity index (χ1) is 9.62. The van der Waals surface area contributed by atoms with Crippen molar-refractivity contribution in [3.05, 3.63) is 60.2 Å². The number of aliphatic hydroxyl groups excluding tert-OH is 1. The quantitative estimate of drug-likeness (QED) is 0.859. The van der Waals surface area contributed by atoms with Crippen molar-refractivity contribution in [1.82, 2.24) is 0 Å². The fourth-order valence-electron chi connectivity index (χ4n) is 1.84. The zero-order chi connectivity index (χ0) is 14.4. The molecule has 5 heteroatoms. The second kappa shape index (κ2) is 6.54. The van der Waals surface area contributed by atoms with Crippen molar-refractivity contribution >= 4 is 15.7 Å². The summed E-state index contributed by atoms with van der Waals surface area (Å²) >= 11 is 0. The van der Waals surface area contributed by atoms with Crippen LogP contribution in [0.15, 0.2) is 59.5 Å². The Morgan fingerprint density at radius 3 is 2.20 bits per heavy atom. The van der Waals surface area contributed by atoms with Gasteiger partial charge in [0.2, 0.25) is 0 Å². The van der Waals surface area contributed by atoms with Crippen LogP contribution in [0.4, 0.5) is 5.69 Å². The number of sulfonamides is 1. The highest BCUT2D eigenvalue weighted by Gasteiger charge is 2.13. The molecule has 0 aliphatic heterocycles. The number of rotatable bonds is 6. The largest absolute Gasteiger partial charge is 0.396 e. The molecular weight excluding hydrogens is 274 g/mol. The Bertz CT molecular complexity index is 637. The number of para-hydroxylation sites is 1. The van der Waals surface area contributed by atoms with E-state index in [1.165, 1.54) is 0 Å². The Kier molecular flexibility index (Phi) is 4.76. The monoisotopic (exact) mass is 291 g/mol. The average molecular weight is 291 g/mol. The molecule has 0 atom stereocenters. The lowest BCUT2D eigenvalue weighted by Crippen LogP contribution is -2.12. The predicted molar refractivity (Wildman–Crippen MR) is 79.1 cm³/mol. The van der Waals surface area contributed by atoms with Crippen LogP contribution in [-0.4, -0.2) is 20.1 Å². The molecule has 0 heterocycles. The number of nitrogens with one attached hydrogen (secondary N) is 1. The van der Waals surface area contributed by atoms with Gasteiger partial charge in [0.1, 0.15) is 0 Å². The smallest absolute Gasteiger partial charge is 0.261 e. The summed E-state index contributed by atoms with van der Waals surface area (Å²) in [5.41, 5.74) is 1.55. The minimum atomic E-state index is -3.55. The highest BCUT2D eigenvalue weighted by atomic mass is 32.2. The van der Waals surface area contributed by atoms with E-state index in [9.17, 15) is 8.42 Å². The molecule has 0 aliphatic rings. The summed E-state index contributed by atoms with van der Waals surface area (Å²) in [7, 11) is -3.55. The van der Waals surface area contributed by atoms with Crippen LogP contribution < -0.4 is 4.72 Å². The average Bonchev–Trinajstić information content (AvgIpc) is 2.46. The van der Waals surface area contributed by atoms with Gasteiger partial charge in [0.05, 0.1) is 4.90 Å². The Labute approximate surface area is 119 Å². The Morgan fingerprint density at radius 2 is 1.60 bits per heavy atom. The lowest BCUT2D eigenvalue weighted by atomic mass is 10.1. The van der Waals surface area contributed by atoms with Crippen LogP contribution in [0.3, 0.4) is 0 Å². The van der Waals surface area contributed by atoms with Crippen molar-refractivity contribution in [2.75, 3.05) is 11.3 Å². The summed E-state index contributed by atoms with van der Waals surface area (Å²) in [4.78, 5) is 0.231. The molecule has 106 valence electrons. The van der Waals surface area contributed by atoms with Crippen molar-refractivity contribution < 1.29 is 13.5 Å². The summed E-state index contributed by atoms with van der Waals surface area (Å²) in [5, 5.41) is 8.77. The normalized spacial score (nSPS) is 11.2. The van der Waals surface area contributed by atoms with Crippen LogP contribution in [0.1, 0.15) is 12.0 Å². The predicted octanol–water partition coefficient (Wildman–Crippen LogP) is 2.41. The van der Waals surface area contributed by atoms with Gasteiger partial charge in [-0.1, -0.05) is 30.3 Å². The fraction of sp³-hybridized carbons (Fsp3) is 0.200. The molecule has 0 unspecified atom stereocenters. The highest BCUT2D eigenvalue weighted by molar-refractivity contribution is 7.92. The number of benzene rings is 2. The third kappa shape index (κ3) is 3.82. The van der Waals surface area contributed by atoms with Crippen LogP contribution in [-0.2, 0) is 16.4 Å². The molecule has 0 saturated heterocycles. The van der Waals surface area contributed by atoms with Gasteiger partial charge in [0.15, 0.2) is 0 Å². The maximum Gasteiger partial charge on any atom is 0.261 e. The lowest BCUT2D eigenvalue weighted by Gasteiger charge is -2.08. The van der Waals surface area contributed by atoms with Crippen molar-refractivity contribution in [2.45, 2.75) is 17.7 Å². The molecule has 4 nitrogen and oxygen atoms in total. The van der Waals surface area contributed by atoms with Crippen molar-refractivity contribution in [3.63, 3.8) is 0 Å². The molecule has 0 saturated carbocycles. The summed E-state index contributed by atoms with van der Waals surface area (Å²) in [5.74, 6) is 0. The molecule has 0 bridgehead atoms. The maximum atomic E-state index is 12.2. The van der Waals surface area contributed by atoms with E-state index in [4.69, 9.17) is 5.11 Å². The van der Waals surface area contributed by atoms with Gasteiger partial charge in [-0.15, -0.1) is 0 Å². The topological polar surface area (TPSA) is 66.4 Å². The van der Waals surface area contributed by atoms with Gasteiger partial charge in [-0.2, -0.15) is 0 Å². The molecule has 0 aromatic heterocycles. The molecule has 2 rings (SSSR count). The zero-order valence-electron chi connectivity index (χ0n) is 11.0. The molecule has 0 spiro atoms. The number of aliphatic hydroxyl groups is 1. The van der Waals surface area contributed by atoms with Gasteiger partial charge in [-0.3, -0.25) is 4.72 Å². The van der Waals surface area contributed by atoms with E-state index in [0.717, 1.165) is 12.0 Å². The van der Waals surface area contributed by atoms with E-state index in [1.807, 2.05) is 6.07 Å². The molecular formula is C15H17NO3S. The van der Waals surface area contributed by atoms with Crippen molar-refractivity contribution in [1.29, 1.82) is 0 Å². The van der Waals surface area contributed by atoms with Crippen LogP contribution in [0, 0.1) is 0 Å².